The zero-order valence-electron chi connectivity index (χ0n) is 21.6. The Morgan fingerprint density at radius 3 is 2.63 bits per heavy atom. The van der Waals surface area contributed by atoms with Crippen LogP contribution in [0.2, 0.25) is 0 Å². The van der Waals surface area contributed by atoms with Gasteiger partial charge in [0.25, 0.3) is 0 Å². The van der Waals surface area contributed by atoms with Gasteiger partial charge in [0, 0.05) is 31.6 Å². The normalized spacial score (nSPS) is 18.4. The Balaban J connectivity index is 1.18. The van der Waals surface area contributed by atoms with Crippen molar-refractivity contribution in [3.8, 4) is 0 Å². The molecule has 5 rings (SSSR count). The summed E-state index contributed by atoms with van der Waals surface area (Å²) in [6, 6.07) is 2.89. The molecule has 1 saturated heterocycles. The molecule has 4 heterocycles. The quantitative estimate of drug-likeness (QED) is 0.348. The van der Waals surface area contributed by atoms with E-state index in [0.717, 1.165) is 38.3 Å². The maximum Gasteiger partial charge on any atom is 0.342 e. The highest BCUT2D eigenvalue weighted by molar-refractivity contribution is 8.00. The predicted octanol–water partition coefficient (Wildman–Crippen LogP) is 2.90. The van der Waals surface area contributed by atoms with Gasteiger partial charge in [-0.1, -0.05) is 11.8 Å². The van der Waals surface area contributed by atoms with Crippen molar-refractivity contribution >= 4 is 40.1 Å². The fourth-order valence-corrected chi connectivity index (χ4v) is 6.57. The van der Waals surface area contributed by atoms with Crippen molar-refractivity contribution in [2.75, 3.05) is 43.4 Å². The van der Waals surface area contributed by atoms with Gasteiger partial charge in [-0.25, -0.2) is 14.2 Å². The van der Waals surface area contributed by atoms with Gasteiger partial charge in [-0.3, -0.25) is 9.69 Å². The van der Waals surface area contributed by atoms with Crippen molar-refractivity contribution < 1.29 is 19.4 Å². The molecule has 0 aliphatic carbocycles. The fourth-order valence-electron chi connectivity index (χ4n) is 5.42. The number of piperazine rings is 1. The van der Waals surface area contributed by atoms with Gasteiger partial charge in [-0.2, -0.15) is 0 Å². The van der Waals surface area contributed by atoms with E-state index in [9.17, 15) is 19.8 Å². The van der Waals surface area contributed by atoms with Crippen molar-refractivity contribution in [3.63, 3.8) is 0 Å². The Kier molecular flexibility index (Phi) is 7.38. The highest BCUT2D eigenvalue weighted by atomic mass is 32.2. The number of aliphatic hydroxyl groups excluding tert-OH is 1. The molecule has 2 unspecified atom stereocenters. The van der Waals surface area contributed by atoms with E-state index < -0.39 is 23.3 Å². The molecule has 204 valence electrons. The van der Waals surface area contributed by atoms with Gasteiger partial charge in [-0.15, -0.1) is 0 Å². The van der Waals surface area contributed by atoms with E-state index in [4.69, 9.17) is 5.73 Å². The molecule has 2 aliphatic heterocycles. The van der Waals surface area contributed by atoms with Crippen LogP contribution in [0.25, 0.3) is 10.9 Å². The van der Waals surface area contributed by atoms with E-state index in [1.54, 1.807) is 12.3 Å². The monoisotopic (exact) mass is 544 g/mol. The Morgan fingerprint density at radius 2 is 2.00 bits per heavy atom. The van der Waals surface area contributed by atoms with E-state index in [1.807, 2.05) is 27.9 Å². The van der Waals surface area contributed by atoms with Gasteiger partial charge < -0.3 is 30.0 Å². The lowest BCUT2D eigenvalue weighted by Crippen LogP contribution is -2.47. The molecule has 0 saturated carbocycles. The molecule has 2 aromatic heterocycles. The Bertz CT molecular complexity index is 1410. The summed E-state index contributed by atoms with van der Waals surface area (Å²) in [7, 11) is 0. The highest BCUT2D eigenvalue weighted by Gasteiger charge is 2.33. The number of hydrogen-bond donors (Lipinski definition) is 3. The summed E-state index contributed by atoms with van der Waals surface area (Å²) in [6.45, 7) is 8.02. The number of carboxylic acids is 1. The molecule has 0 bridgehead atoms. The lowest BCUT2D eigenvalue weighted by molar-refractivity contribution is 0.0689. The van der Waals surface area contributed by atoms with Crippen molar-refractivity contribution in [3.05, 3.63) is 45.8 Å². The summed E-state index contributed by atoms with van der Waals surface area (Å²) in [5.74, 6) is -0.446. The number of thioether (sulfide) groups is 1. The average Bonchev–Trinajstić information content (AvgIpc) is 3.18. The van der Waals surface area contributed by atoms with E-state index >= 15 is 4.39 Å². The van der Waals surface area contributed by atoms with Crippen molar-refractivity contribution in [1.29, 1.82) is 0 Å². The molecule has 10 nitrogen and oxygen atoms in total. The molecule has 1 aromatic carbocycles. The Morgan fingerprint density at radius 1 is 1.26 bits per heavy atom. The number of aliphatic hydroxyl groups is 1. The number of aryl methyl sites for hydroxylation is 1. The summed E-state index contributed by atoms with van der Waals surface area (Å²) < 4.78 is 18.8. The van der Waals surface area contributed by atoms with E-state index in [-0.39, 0.29) is 16.3 Å². The summed E-state index contributed by atoms with van der Waals surface area (Å²) in [5.41, 5.74) is 5.99. The van der Waals surface area contributed by atoms with Crippen molar-refractivity contribution in [2.24, 2.45) is 0 Å². The first-order valence-corrected chi connectivity index (χ1v) is 13.8. The van der Waals surface area contributed by atoms with Gasteiger partial charge in [-0.05, 0) is 51.8 Å². The molecule has 2 aliphatic rings. The lowest BCUT2D eigenvalue weighted by Gasteiger charge is -2.37. The van der Waals surface area contributed by atoms with Crippen LogP contribution in [0, 0.1) is 12.7 Å². The molecule has 2 atom stereocenters. The van der Waals surface area contributed by atoms with Gasteiger partial charge in [0.2, 0.25) is 5.43 Å². The lowest BCUT2D eigenvalue weighted by atomic mass is 10.1. The standard InChI is InChI=1S/C26H33FN6O4S/c1-15-29-13-22(28)32(15)14-17(34)5-3-4-6-30-7-9-31(10-8-30)21-12-20-18(11-19(21)27)24(35)23(26(36)37)25-33(20)16(2)38-25/h11-13,16-17,34H,3-10,14,28H2,1-2H3,(H,36,37). The van der Waals surface area contributed by atoms with Crippen LogP contribution < -0.4 is 16.1 Å². The number of aromatic nitrogens is 3. The predicted molar refractivity (Wildman–Crippen MR) is 146 cm³/mol. The molecule has 0 radical (unpaired) electrons. The number of unbranched alkanes of at least 4 members (excludes halogenated alkanes) is 1. The number of carbonyl (C=O) groups is 1. The SMILES string of the molecule is Cc1ncc(N)n1CC(O)CCCCN1CCN(c2cc3c(cc2F)c(=O)c(C(=O)O)c2n3C(C)S2)CC1. The molecule has 38 heavy (non-hydrogen) atoms. The van der Waals surface area contributed by atoms with Crippen molar-refractivity contribution in [2.45, 2.75) is 56.2 Å². The number of nitrogens with two attached hydrogens (primary N) is 1. The first kappa shape index (κ1) is 26.5. The van der Waals surface area contributed by atoms with E-state index in [2.05, 4.69) is 9.88 Å². The van der Waals surface area contributed by atoms with Crippen molar-refractivity contribution in [1.82, 2.24) is 19.0 Å². The second kappa shape index (κ2) is 10.6. The summed E-state index contributed by atoms with van der Waals surface area (Å²) in [5, 5.41) is 20.4. The molecule has 3 aromatic rings. The minimum Gasteiger partial charge on any atom is -0.477 e. The molecular weight excluding hydrogens is 511 g/mol. The zero-order chi connectivity index (χ0) is 27.1. The van der Waals surface area contributed by atoms with Crippen LogP contribution in [0.1, 0.15) is 47.7 Å². The molecule has 1 fully saturated rings. The number of nitrogens with zero attached hydrogens (tertiary/aromatic N) is 5. The van der Waals surface area contributed by atoms with Gasteiger partial charge in [0.05, 0.1) is 40.4 Å². The van der Waals surface area contributed by atoms with Crippen LogP contribution >= 0.6 is 11.8 Å². The number of rotatable bonds is 9. The van der Waals surface area contributed by atoms with Crippen LogP contribution in [0.15, 0.2) is 28.2 Å². The summed E-state index contributed by atoms with van der Waals surface area (Å²) >= 11 is 1.34. The number of halogens is 1. The maximum atomic E-state index is 15.2. The first-order valence-electron chi connectivity index (χ1n) is 12.9. The second-order valence-corrected chi connectivity index (χ2v) is 11.3. The van der Waals surface area contributed by atoms with Gasteiger partial charge in [0.1, 0.15) is 23.0 Å². The molecule has 0 spiro atoms. The summed E-state index contributed by atoms with van der Waals surface area (Å²) in [6.07, 6.45) is 3.66. The smallest absolute Gasteiger partial charge is 0.342 e. The highest BCUT2D eigenvalue weighted by Crippen LogP contribution is 2.46. The third-order valence-corrected chi connectivity index (χ3v) is 8.72. The third-order valence-electron chi connectivity index (χ3n) is 7.54. The Labute approximate surface area is 223 Å². The number of benzene rings is 1. The fraction of sp³-hybridized carbons (Fsp3) is 0.500. The number of pyridine rings is 1. The number of fused-ring (bicyclic) bond motifs is 3. The van der Waals surface area contributed by atoms with Crippen LogP contribution in [0.4, 0.5) is 15.9 Å². The third kappa shape index (κ3) is 4.87. The van der Waals surface area contributed by atoms with E-state index in [1.165, 1.54) is 17.8 Å². The maximum absolute atomic E-state index is 15.2. The largest absolute Gasteiger partial charge is 0.477 e. The van der Waals surface area contributed by atoms with Gasteiger partial charge in [0.15, 0.2) is 0 Å². The number of imidazole rings is 1. The number of carboxylic acid groups (broad SMARTS) is 1. The first-order chi connectivity index (χ1) is 18.2. The number of aromatic carboxylic acids is 1. The molecule has 0 amide bonds. The van der Waals surface area contributed by atoms with E-state index in [0.29, 0.717) is 48.1 Å². The van der Waals surface area contributed by atoms with Crippen LogP contribution in [0.3, 0.4) is 0 Å². The zero-order valence-corrected chi connectivity index (χ0v) is 22.4. The Hall–Kier alpha value is -3.09. The van der Waals surface area contributed by atoms with Crippen LogP contribution in [0.5, 0.6) is 0 Å². The molecular formula is C26H33FN6O4S. The molecule has 4 N–H and O–H groups in total. The molecule has 12 heteroatoms. The van der Waals surface area contributed by atoms with Crippen LogP contribution in [-0.4, -0.2) is 74.0 Å². The average molecular weight is 545 g/mol. The number of anilines is 2. The number of nitrogen functional groups attached to an aromatic ring is 1. The van der Waals surface area contributed by atoms with Crippen LogP contribution in [-0.2, 0) is 6.54 Å². The minimum atomic E-state index is -1.28. The summed E-state index contributed by atoms with van der Waals surface area (Å²) in [4.78, 5) is 33.0. The second-order valence-electron chi connectivity index (χ2n) is 10.0. The minimum absolute atomic E-state index is 0.0267. The topological polar surface area (TPSA) is 130 Å². The number of hydrogen-bond acceptors (Lipinski definition) is 8. The van der Waals surface area contributed by atoms with Gasteiger partial charge >= 0.3 is 5.97 Å².